The number of fused-ring (bicyclic) bond motifs is 1. The summed E-state index contributed by atoms with van der Waals surface area (Å²) in [6, 6.07) is 8.44. The lowest BCUT2D eigenvalue weighted by Crippen LogP contribution is -2.51. The maximum absolute atomic E-state index is 12.6. The Morgan fingerprint density at radius 1 is 1.09 bits per heavy atom. The first-order valence-electron chi connectivity index (χ1n) is 11.2. The van der Waals surface area contributed by atoms with Gasteiger partial charge < -0.3 is 10.3 Å². The van der Waals surface area contributed by atoms with Gasteiger partial charge in [0.15, 0.2) is 22.8 Å². The number of aromatic nitrogens is 5. The SMILES string of the molecule is C[N+](c1ccc(P(C)(C)=O)cc1)(c1nc(N)c2ncn(-c3cscn3)c2n1)C1CCCCC1. The largest absolute Gasteiger partial charge is 0.382 e. The molecule has 33 heavy (non-hydrogen) atoms. The van der Waals surface area contributed by atoms with Gasteiger partial charge in [-0.25, -0.2) is 14.5 Å². The highest BCUT2D eigenvalue weighted by atomic mass is 32.1. The molecule has 1 aromatic carbocycles. The van der Waals surface area contributed by atoms with Gasteiger partial charge >= 0.3 is 5.95 Å². The molecule has 2 N–H and O–H groups in total. The summed E-state index contributed by atoms with van der Waals surface area (Å²) in [6.07, 6.45) is 7.50. The van der Waals surface area contributed by atoms with Crippen LogP contribution in [0.1, 0.15) is 32.1 Å². The third-order valence-electron chi connectivity index (χ3n) is 6.81. The van der Waals surface area contributed by atoms with Crippen LogP contribution in [0, 0.1) is 0 Å². The highest BCUT2D eigenvalue weighted by Crippen LogP contribution is 2.41. The molecular formula is C23H29N7OPS+. The highest BCUT2D eigenvalue weighted by molar-refractivity contribution is 7.70. The molecule has 1 aliphatic rings. The average molecular weight is 483 g/mol. The van der Waals surface area contributed by atoms with Crippen molar-refractivity contribution in [1.29, 1.82) is 0 Å². The summed E-state index contributed by atoms with van der Waals surface area (Å²) in [4.78, 5) is 18.7. The Balaban J connectivity index is 1.70. The number of nitrogens with two attached hydrogens (primary N) is 1. The van der Waals surface area contributed by atoms with Crippen LogP contribution >= 0.6 is 18.5 Å². The Morgan fingerprint density at radius 3 is 2.45 bits per heavy atom. The smallest absolute Gasteiger partial charge is 0.338 e. The summed E-state index contributed by atoms with van der Waals surface area (Å²) in [7, 11) is -0.163. The van der Waals surface area contributed by atoms with Crippen LogP contribution in [0.15, 0.2) is 41.5 Å². The summed E-state index contributed by atoms with van der Waals surface area (Å²) in [5, 5.41) is 2.83. The van der Waals surface area contributed by atoms with Gasteiger partial charge in [0.1, 0.15) is 25.2 Å². The number of hydrogen-bond donors (Lipinski definition) is 1. The number of nitrogen functional groups attached to an aromatic ring is 1. The molecule has 3 aromatic heterocycles. The number of hydrogen-bond acceptors (Lipinski definition) is 7. The number of nitrogens with zero attached hydrogens (tertiary/aromatic N) is 6. The lowest BCUT2D eigenvalue weighted by molar-refractivity contribution is 0.251. The standard InChI is InChI=1S/C23H29N7OPS/c1-30(16-7-5-4-6-8-16,17-9-11-18(12-10-17)32(2,3)31)23-27-21(24)20-22(28-23)29(14-25-20)19-13-33-15-26-19/h9-16H,4-8H2,1-3H3,(H2,24,27,28)/q+1. The zero-order chi connectivity index (χ0) is 23.2. The fourth-order valence-corrected chi connectivity index (χ4v) is 6.21. The van der Waals surface area contributed by atoms with Crippen LogP contribution in [-0.2, 0) is 4.57 Å². The summed E-state index contributed by atoms with van der Waals surface area (Å²) in [6.45, 7) is 3.60. The summed E-state index contributed by atoms with van der Waals surface area (Å²) in [5.74, 6) is 1.78. The van der Waals surface area contributed by atoms with Crippen LogP contribution < -0.4 is 15.5 Å². The lowest BCUT2D eigenvalue weighted by atomic mass is 9.92. The molecule has 1 unspecified atom stereocenters. The zero-order valence-electron chi connectivity index (χ0n) is 19.2. The van der Waals surface area contributed by atoms with Gasteiger partial charge in [-0.2, -0.15) is 9.97 Å². The van der Waals surface area contributed by atoms with E-state index < -0.39 is 7.14 Å². The molecule has 1 fully saturated rings. The maximum Gasteiger partial charge on any atom is 0.338 e. The molecule has 1 aliphatic carbocycles. The molecular weight excluding hydrogens is 453 g/mol. The Labute approximate surface area is 197 Å². The molecule has 0 spiro atoms. The number of quaternary nitrogens is 1. The molecule has 10 heteroatoms. The highest BCUT2D eigenvalue weighted by Gasteiger charge is 2.42. The molecule has 172 valence electrons. The van der Waals surface area contributed by atoms with E-state index in [1.165, 1.54) is 30.6 Å². The van der Waals surface area contributed by atoms with Gasteiger partial charge in [-0.05, 0) is 38.3 Å². The van der Waals surface area contributed by atoms with Gasteiger partial charge in [-0.15, -0.1) is 11.3 Å². The second-order valence-electron chi connectivity index (χ2n) is 9.28. The maximum atomic E-state index is 12.6. The second-order valence-corrected chi connectivity index (χ2v) is 13.2. The third-order valence-corrected chi connectivity index (χ3v) is 8.92. The van der Waals surface area contributed by atoms with Gasteiger partial charge in [0.2, 0.25) is 0 Å². The van der Waals surface area contributed by atoms with Crippen LogP contribution in [0.25, 0.3) is 17.0 Å². The van der Waals surface area contributed by atoms with E-state index in [4.69, 9.17) is 15.7 Å². The molecule has 0 saturated heterocycles. The molecule has 1 saturated carbocycles. The van der Waals surface area contributed by atoms with Crippen molar-refractivity contribution in [2.45, 2.75) is 38.1 Å². The molecule has 0 radical (unpaired) electrons. The number of imidazole rings is 1. The monoisotopic (exact) mass is 482 g/mol. The predicted molar refractivity (Wildman–Crippen MR) is 137 cm³/mol. The molecule has 0 bridgehead atoms. The second kappa shape index (κ2) is 8.31. The molecule has 1 atom stereocenters. The lowest BCUT2D eigenvalue weighted by Gasteiger charge is -2.40. The molecule has 4 aromatic rings. The van der Waals surface area contributed by atoms with Crippen LogP contribution in [0.4, 0.5) is 17.5 Å². The summed E-state index contributed by atoms with van der Waals surface area (Å²) < 4.78 is 14.9. The van der Waals surface area contributed by atoms with Crippen molar-refractivity contribution in [2.24, 2.45) is 0 Å². The van der Waals surface area contributed by atoms with Crippen LogP contribution in [-0.4, -0.2) is 50.9 Å². The van der Waals surface area contributed by atoms with Crippen molar-refractivity contribution in [1.82, 2.24) is 29.0 Å². The third kappa shape index (κ3) is 3.88. The van der Waals surface area contributed by atoms with E-state index in [2.05, 4.69) is 29.1 Å². The first-order valence-corrected chi connectivity index (χ1v) is 14.7. The Hall–Kier alpha value is -2.61. The molecule has 5 rings (SSSR count). The van der Waals surface area contributed by atoms with Crippen LogP contribution in [0.2, 0.25) is 0 Å². The zero-order valence-corrected chi connectivity index (χ0v) is 20.9. The number of anilines is 1. The first kappa shape index (κ1) is 22.2. The normalized spacial score (nSPS) is 17.3. The van der Waals surface area contributed by atoms with E-state index >= 15 is 0 Å². The summed E-state index contributed by atoms with van der Waals surface area (Å²) in [5.41, 5.74) is 10.5. The minimum atomic E-state index is -2.34. The van der Waals surface area contributed by atoms with E-state index in [1.807, 2.05) is 22.1 Å². The van der Waals surface area contributed by atoms with Crippen LogP contribution in [0.3, 0.4) is 0 Å². The average Bonchev–Trinajstić information content (AvgIpc) is 3.48. The van der Waals surface area contributed by atoms with E-state index in [9.17, 15) is 4.57 Å². The molecule has 0 aliphatic heterocycles. The minimum Gasteiger partial charge on any atom is -0.382 e. The predicted octanol–water partition coefficient (Wildman–Crippen LogP) is 4.70. The van der Waals surface area contributed by atoms with Crippen molar-refractivity contribution in [3.05, 3.63) is 41.5 Å². The first-order chi connectivity index (χ1) is 15.8. The Kier molecular flexibility index (Phi) is 5.59. The van der Waals surface area contributed by atoms with Gasteiger partial charge in [0.05, 0.1) is 12.6 Å². The fourth-order valence-electron chi connectivity index (χ4n) is 4.82. The molecule has 3 heterocycles. The van der Waals surface area contributed by atoms with Crippen molar-refractivity contribution in [3.8, 4) is 5.82 Å². The van der Waals surface area contributed by atoms with Gasteiger partial charge in [0.25, 0.3) is 0 Å². The van der Waals surface area contributed by atoms with E-state index in [0.717, 1.165) is 29.7 Å². The van der Waals surface area contributed by atoms with Crippen molar-refractivity contribution >= 4 is 52.4 Å². The van der Waals surface area contributed by atoms with Crippen molar-refractivity contribution in [2.75, 3.05) is 26.1 Å². The van der Waals surface area contributed by atoms with Gasteiger partial charge in [0, 0.05) is 35.7 Å². The van der Waals surface area contributed by atoms with Crippen molar-refractivity contribution in [3.63, 3.8) is 0 Å². The van der Waals surface area contributed by atoms with Gasteiger partial charge in [-0.3, -0.25) is 4.57 Å². The van der Waals surface area contributed by atoms with Crippen molar-refractivity contribution < 1.29 is 4.57 Å². The Morgan fingerprint density at radius 2 is 1.82 bits per heavy atom. The fraction of sp³-hybridized carbons (Fsp3) is 0.391. The summed E-state index contributed by atoms with van der Waals surface area (Å²) >= 11 is 1.52. The number of thiazole rings is 1. The van der Waals surface area contributed by atoms with E-state index in [-0.39, 0.29) is 0 Å². The van der Waals surface area contributed by atoms with E-state index in [0.29, 0.717) is 33.5 Å². The van der Waals surface area contributed by atoms with Crippen LogP contribution in [0.5, 0.6) is 0 Å². The number of benzene rings is 1. The molecule has 0 amide bonds. The molecule has 8 nitrogen and oxygen atoms in total. The number of rotatable bonds is 5. The Bertz CT molecular complexity index is 1320. The minimum absolute atomic E-state index is 0.326. The van der Waals surface area contributed by atoms with Gasteiger partial charge in [-0.1, -0.05) is 6.42 Å². The van der Waals surface area contributed by atoms with E-state index in [1.54, 1.807) is 25.2 Å². The topological polar surface area (TPSA) is 99.6 Å². The quantitative estimate of drug-likeness (QED) is 0.327.